The molecular weight excluding hydrogens is 200 g/mol. The Morgan fingerprint density at radius 1 is 1.38 bits per heavy atom. The van der Waals surface area contributed by atoms with Gasteiger partial charge >= 0.3 is 0 Å². The summed E-state index contributed by atoms with van der Waals surface area (Å²) in [7, 11) is 2.26. The van der Waals surface area contributed by atoms with Crippen molar-refractivity contribution in [3.05, 3.63) is 0 Å². The minimum absolute atomic E-state index is 0.527. The molecule has 94 valence electrons. The number of hydrogen-bond acceptors (Lipinski definition) is 3. The molecule has 3 nitrogen and oxygen atoms in total. The van der Waals surface area contributed by atoms with Crippen molar-refractivity contribution in [2.75, 3.05) is 20.2 Å². The summed E-state index contributed by atoms with van der Waals surface area (Å²) in [5, 5.41) is 3.65. The minimum atomic E-state index is 0.527. The molecule has 0 saturated heterocycles. The van der Waals surface area contributed by atoms with Crippen LogP contribution in [0.25, 0.3) is 0 Å². The SMILES string of the molecule is CCOC1CC(NCC(C)N(C)C2CC2)C1. The first-order chi connectivity index (χ1) is 7.70. The predicted molar refractivity (Wildman–Crippen MR) is 66.7 cm³/mol. The summed E-state index contributed by atoms with van der Waals surface area (Å²) in [5.74, 6) is 0. The standard InChI is InChI=1S/C13H26N2O/c1-4-16-13-7-11(8-13)14-9-10(2)15(3)12-5-6-12/h10-14H,4-9H2,1-3H3. The Labute approximate surface area is 99.5 Å². The summed E-state index contributed by atoms with van der Waals surface area (Å²) in [5.41, 5.74) is 0. The summed E-state index contributed by atoms with van der Waals surface area (Å²) in [6, 6.07) is 2.24. The van der Waals surface area contributed by atoms with Gasteiger partial charge in [0.15, 0.2) is 0 Å². The summed E-state index contributed by atoms with van der Waals surface area (Å²) in [6.07, 6.45) is 5.73. The molecule has 2 saturated carbocycles. The average Bonchev–Trinajstić information content (AvgIpc) is 3.03. The van der Waals surface area contributed by atoms with Crippen molar-refractivity contribution in [2.24, 2.45) is 0 Å². The molecule has 0 amide bonds. The Kier molecular flexibility index (Phi) is 4.22. The first-order valence-corrected chi connectivity index (χ1v) is 6.77. The fraction of sp³-hybridized carbons (Fsp3) is 1.00. The highest BCUT2D eigenvalue weighted by molar-refractivity contribution is 4.89. The first-order valence-electron chi connectivity index (χ1n) is 6.77. The lowest BCUT2D eigenvalue weighted by Gasteiger charge is -2.37. The van der Waals surface area contributed by atoms with E-state index in [-0.39, 0.29) is 0 Å². The molecule has 2 fully saturated rings. The van der Waals surface area contributed by atoms with Crippen molar-refractivity contribution < 1.29 is 4.74 Å². The number of hydrogen-bond donors (Lipinski definition) is 1. The van der Waals surface area contributed by atoms with Crippen LogP contribution in [0.3, 0.4) is 0 Å². The lowest BCUT2D eigenvalue weighted by molar-refractivity contribution is -0.0109. The first kappa shape index (κ1) is 12.3. The van der Waals surface area contributed by atoms with Crippen LogP contribution in [-0.4, -0.2) is 49.3 Å². The van der Waals surface area contributed by atoms with Crippen LogP contribution in [0.2, 0.25) is 0 Å². The molecule has 0 aromatic heterocycles. The highest BCUT2D eigenvalue weighted by Crippen LogP contribution is 2.27. The molecule has 0 aliphatic heterocycles. The van der Waals surface area contributed by atoms with E-state index in [1.807, 2.05) is 0 Å². The maximum atomic E-state index is 5.56. The molecule has 0 aromatic carbocycles. The maximum absolute atomic E-state index is 5.56. The lowest BCUT2D eigenvalue weighted by atomic mass is 9.89. The van der Waals surface area contributed by atoms with Crippen LogP contribution >= 0.6 is 0 Å². The zero-order valence-corrected chi connectivity index (χ0v) is 10.9. The number of nitrogens with one attached hydrogen (secondary N) is 1. The molecule has 0 aromatic rings. The second-order valence-electron chi connectivity index (χ2n) is 5.40. The van der Waals surface area contributed by atoms with E-state index in [4.69, 9.17) is 4.74 Å². The van der Waals surface area contributed by atoms with Crippen LogP contribution in [0.15, 0.2) is 0 Å². The average molecular weight is 226 g/mol. The third kappa shape index (κ3) is 3.19. The Morgan fingerprint density at radius 2 is 2.06 bits per heavy atom. The van der Waals surface area contributed by atoms with Gasteiger partial charge in [0.2, 0.25) is 0 Å². The van der Waals surface area contributed by atoms with Crippen LogP contribution in [-0.2, 0) is 4.74 Å². The van der Waals surface area contributed by atoms with E-state index in [0.29, 0.717) is 18.2 Å². The van der Waals surface area contributed by atoms with Crippen LogP contribution in [0, 0.1) is 0 Å². The van der Waals surface area contributed by atoms with Gasteiger partial charge in [0.05, 0.1) is 6.10 Å². The fourth-order valence-electron chi connectivity index (χ4n) is 2.43. The van der Waals surface area contributed by atoms with Gasteiger partial charge in [-0.15, -0.1) is 0 Å². The normalized spacial score (nSPS) is 31.5. The Morgan fingerprint density at radius 3 is 2.62 bits per heavy atom. The molecule has 16 heavy (non-hydrogen) atoms. The van der Waals surface area contributed by atoms with Gasteiger partial charge in [0, 0.05) is 31.3 Å². The second-order valence-corrected chi connectivity index (χ2v) is 5.40. The monoisotopic (exact) mass is 226 g/mol. The zero-order valence-electron chi connectivity index (χ0n) is 10.9. The van der Waals surface area contributed by atoms with Crippen molar-refractivity contribution in [1.29, 1.82) is 0 Å². The Bertz CT molecular complexity index is 212. The number of likely N-dealkylation sites (N-methyl/N-ethyl adjacent to an activating group) is 1. The number of ether oxygens (including phenoxy) is 1. The molecule has 0 spiro atoms. The zero-order chi connectivity index (χ0) is 11.5. The molecule has 0 heterocycles. The Hall–Kier alpha value is -0.120. The second kappa shape index (κ2) is 5.48. The predicted octanol–water partition coefficient (Wildman–Crippen LogP) is 1.63. The van der Waals surface area contributed by atoms with Crippen molar-refractivity contribution in [1.82, 2.24) is 10.2 Å². The highest BCUT2D eigenvalue weighted by Gasteiger charge is 2.31. The highest BCUT2D eigenvalue weighted by atomic mass is 16.5. The van der Waals surface area contributed by atoms with E-state index < -0.39 is 0 Å². The van der Waals surface area contributed by atoms with E-state index >= 15 is 0 Å². The van der Waals surface area contributed by atoms with E-state index in [1.54, 1.807) is 0 Å². The third-order valence-corrected chi connectivity index (χ3v) is 4.02. The summed E-state index contributed by atoms with van der Waals surface area (Å²) < 4.78 is 5.56. The van der Waals surface area contributed by atoms with E-state index in [0.717, 1.165) is 19.2 Å². The fourth-order valence-corrected chi connectivity index (χ4v) is 2.43. The molecule has 2 rings (SSSR count). The summed E-state index contributed by atoms with van der Waals surface area (Å²) in [6.45, 7) is 6.38. The van der Waals surface area contributed by atoms with Crippen LogP contribution in [0.4, 0.5) is 0 Å². The van der Waals surface area contributed by atoms with Gasteiger partial charge in [-0.05, 0) is 46.6 Å². The van der Waals surface area contributed by atoms with Gasteiger partial charge in [0.25, 0.3) is 0 Å². The van der Waals surface area contributed by atoms with Gasteiger partial charge in [0.1, 0.15) is 0 Å². The van der Waals surface area contributed by atoms with Gasteiger partial charge in [-0.1, -0.05) is 0 Å². The lowest BCUT2D eigenvalue weighted by Crippen LogP contribution is -2.49. The van der Waals surface area contributed by atoms with Crippen LogP contribution in [0.1, 0.15) is 39.5 Å². The third-order valence-electron chi connectivity index (χ3n) is 4.02. The Balaban J connectivity index is 1.54. The molecule has 2 aliphatic rings. The molecule has 0 bridgehead atoms. The van der Waals surface area contributed by atoms with Crippen molar-refractivity contribution >= 4 is 0 Å². The van der Waals surface area contributed by atoms with Crippen LogP contribution in [0.5, 0.6) is 0 Å². The molecular formula is C13H26N2O. The number of rotatable bonds is 7. The van der Waals surface area contributed by atoms with Crippen LogP contribution < -0.4 is 5.32 Å². The van der Waals surface area contributed by atoms with Crippen molar-refractivity contribution in [2.45, 2.75) is 63.8 Å². The molecule has 3 heteroatoms. The van der Waals surface area contributed by atoms with Gasteiger partial charge in [-0.25, -0.2) is 0 Å². The molecule has 1 unspecified atom stereocenters. The van der Waals surface area contributed by atoms with E-state index in [1.165, 1.54) is 25.7 Å². The molecule has 1 N–H and O–H groups in total. The smallest absolute Gasteiger partial charge is 0.0604 e. The topological polar surface area (TPSA) is 24.5 Å². The molecule has 2 aliphatic carbocycles. The van der Waals surface area contributed by atoms with Gasteiger partial charge < -0.3 is 10.1 Å². The number of nitrogens with zero attached hydrogens (tertiary/aromatic N) is 1. The minimum Gasteiger partial charge on any atom is -0.378 e. The van der Waals surface area contributed by atoms with E-state index in [9.17, 15) is 0 Å². The van der Waals surface area contributed by atoms with Gasteiger partial charge in [-0.3, -0.25) is 4.90 Å². The maximum Gasteiger partial charge on any atom is 0.0604 e. The largest absolute Gasteiger partial charge is 0.378 e. The summed E-state index contributed by atoms with van der Waals surface area (Å²) >= 11 is 0. The molecule has 0 radical (unpaired) electrons. The van der Waals surface area contributed by atoms with Gasteiger partial charge in [-0.2, -0.15) is 0 Å². The van der Waals surface area contributed by atoms with E-state index in [2.05, 4.69) is 31.1 Å². The van der Waals surface area contributed by atoms with Crippen molar-refractivity contribution in [3.8, 4) is 0 Å². The summed E-state index contributed by atoms with van der Waals surface area (Å²) in [4.78, 5) is 2.52. The molecule has 1 atom stereocenters. The quantitative estimate of drug-likeness (QED) is 0.714. The van der Waals surface area contributed by atoms with Crippen molar-refractivity contribution in [3.63, 3.8) is 0 Å².